The van der Waals surface area contributed by atoms with Gasteiger partial charge in [-0.1, -0.05) is 0 Å². The Morgan fingerprint density at radius 1 is 1.00 bits per heavy atom. The normalized spacial score (nSPS) is 14.7. The molecule has 0 saturated carbocycles. The van der Waals surface area contributed by atoms with E-state index in [1.807, 2.05) is 18.7 Å². The number of nitrogens with zero attached hydrogens (tertiary/aromatic N) is 2. The molecule has 1 saturated heterocycles. The van der Waals surface area contributed by atoms with Gasteiger partial charge in [0.15, 0.2) is 17.3 Å². The van der Waals surface area contributed by atoms with Crippen LogP contribution in [-0.2, 0) is 0 Å². The second kappa shape index (κ2) is 9.41. The number of hydrogen-bond acceptors (Lipinski definition) is 6. The van der Waals surface area contributed by atoms with E-state index < -0.39 is 0 Å². The maximum Gasteiger partial charge on any atom is 0.254 e. The predicted octanol–water partition coefficient (Wildman–Crippen LogP) is 2.72. The molecule has 7 heteroatoms. The van der Waals surface area contributed by atoms with Crippen LogP contribution in [-0.4, -0.2) is 67.4 Å². The smallest absolute Gasteiger partial charge is 0.254 e. The Kier molecular flexibility index (Phi) is 6.71. The number of rotatable bonds is 8. The van der Waals surface area contributed by atoms with Gasteiger partial charge in [-0.15, -0.1) is 0 Å². The molecule has 0 atom stereocenters. The van der Waals surface area contributed by atoms with Crippen LogP contribution in [0.5, 0.6) is 11.5 Å². The second-order valence-corrected chi connectivity index (χ2v) is 6.50. The highest BCUT2D eigenvalue weighted by molar-refractivity contribution is 5.96. The predicted molar refractivity (Wildman–Crippen MR) is 104 cm³/mol. The fourth-order valence-electron chi connectivity index (χ4n) is 3.19. The Bertz CT molecular complexity index is 795. The number of carbonyl (C=O) groups is 2. The molecule has 1 amide bonds. The minimum atomic E-state index is -0.0438. The number of amides is 1. The van der Waals surface area contributed by atoms with Gasteiger partial charge in [-0.3, -0.25) is 14.5 Å². The van der Waals surface area contributed by atoms with Gasteiger partial charge in [0.1, 0.15) is 0 Å². The van der Waals surface area contributed by atoms with Crippen LogP contribution < -0.4 is 9.47 Å². The second-order valence-electron chi connectivity index (χ2n) is 6.50. The molecule has 2 heterocycles. The van der Waals surface area contributed by atoms with E-state index in [1.54, 1.807) is 35.2 Å². The lowest BCUT2D eigenvalue weighted by Gasteiger charge is -2.34. The molecular formula is C21H26N2O5. The number of ketones is 1. The first-order chi connectivity index (χ1) is 13.6. The molecule has 1 aliphatic heterocycles. The average molecular weight is 386 g/mol. The van der Waals surface area contributed by atoms with Crippen LogP contribution in [0.4, 0.5) is 0 Å². The molecule has 7 nitrogen and oxygen atoms in total. The third-order valence-electron chi connectivity index (χ3n) is 4.61. The van der Waals surface area contributed by atoms with Crippen LogP contribution in [0.1, 0.15) is 34.8 Å². The highest BCUT2D eigenvalue weighted by atomic mass is 16.5. The van der Waals surface area contributed by atoms with E-state index >= 15 is 0 Å². The molecule has 0 unspecified atom stereocenters. The lowest BCUT2D eigenvalue weighted by atomic mass is 10.1. The summed E-state index contributed by atoms with van der Waals surface area (Å²) in [5.41, 5.74) is 0.576. The quantitative estimate of drug-likeness (QED) is 0.650. The largest absolute Gasteiger partial charge is 0.490 e. The third kappa shape index (κ3) is 4.72. The molecule has 150 valence electrons. The maximum atomic E-state index is 12.9. The first-order valence-corrected chi connectivity index (χ1v) is 9.60. The molecule has 1 aliphatic rings. The molecule has 3 rings (SSSR count). The summed E-state index contributed by atoms with van der Waals surface area (Å²) in [7, 11) is 0. The number of hydrogen-bond donors (Lipinski definition) is 0. The summed E-state index contributed by atoms with van der Waals surface area (Å²) in [5, 5.41) is 0. The Morgan fingerprint density at radius 2 is 1.71 bits per heavy atom. The molecule has 28 heavy (non-hydrogen) atoms. The van der Waals surface area contributed by atoms with Gasteiger partial charge in [0.2, 0.25) is 5.78 Å². The van der Waals surface area contributed by atoms with Gasteiger partial charge in [0, 0.05) is 31.7 Å². The van der Waals surface area contributed by atoms with Crippen LogP contribution in [0, 0.1) is 0 Å². The van der Waals surface area contributed by atoms with Crippen LogP contribution in [0.3, 0.4) is 0 Å². The van der Waals surface area contributed by atoms with E-state index in [4.69, 9.17) is 13.9 Å². The lowest BCUT2D eigenvalue weighted by molar-refractivity contribution is 0.0620. The van der Waals surface area contributed by atoms with Crippen LogP contribution >= 0.6 is 0 Å². The number of furan rings is 1. The lowest BCUT2D eigenvalue weighted by Crippen LogP contribution is -2.49. The van der Waals surface area contributed by atoms with Crippen molar-refractivity contribution in [2.75, 3.05) is 45.9 Å². The summed E-state index contributed by atoms with van der Waals surface area (Å²) in [4.78, 5) is 28.9. The monoisotopic (exact) mass is 386 g/mol. The fourth-order valence-corrected chi connectivity index (χ4v) is 3.19. The fraction of sp³-hybridized carbons (Fsp3) is 0.429. The minimum Gasteiger partial charge on any atom is -0.490 e. The van der Waals surface area contributed by atoms with E-state index in [2.05, 4.69) is 0 Å². The zero-order valence-corrected chi connectivity index (χ0v) is 16.3. The molecule has 0 bridgehead atoms. The molecule has 0 aliphatic carbocycles. The molecule has 1 fully saturated rings. The van der Waals surface area contributed by atoms with Gasteiger partial charge in [0.05, 0.1) is 26.0 Å². The van der Waals surface area contributed by atoms with Gasteiger partial charge in [0.25, 0.3) is 5.91 Å². The van der Waals surface area contributed by atoms with Gasteiger partial charge in [-0.2, -0.15) is 0 Å². The summed E-state index contributed by atoms with van der Waals surface area (Å²) in [5.74, 6) is 1.51. The van der Waals surface area contributed by atoms with Gasteiger partial charge < -0.3 is 18.8 Å². The molecule has 2 aromatic rings. The Labute approximate surface area is 164 Å². The van der Waals surface area contributed by atoms with E-state index in [1.165, 1.54) is 6.26 Å². The average Bonchev–Trinajstić information content (AvgIpc) is 3.25. The summed E-state index contributed by atoms with van der Waals surface area (Å²) in [6.45, 7) is 7.57. The van der Waals surface area contributed by atoms with E-state index in [-0.39, 0.29) is 11.7 Å². The maximum absolute atomic E-state index is 12.9. The van der Waals surface area contributed by atoms with Crippen molar-refractivity contribution < 1.29 is 23.5 Å². The third-order valence-corrected chi connectivity index (χ3v) is 4.61. The number of benzene rings is 1. The van der Waals surface area contributed by atoms with Crippen molar-refractivity contribution in [1.29, 1.82) is 0 Å². The van der Waals surface area contributed by atoms with Crippen molar-refractivity contribution in [3.8, 4) is 11.5 Å². The van der Waals surface area contributed by atoms with Crippen molar-refractivity contribution in [2.24, 2.45) is 0 Å². The van der Waals surface area contributed by atoms with Crippen LogP contribution in [0.15, 0.2) is 41.0 Å². The Morgan fingerprint density at radius 3 is 2.36 bits per heavy atom. The minimum absolute atomic E-state index is 0.0407. The standard InChI is InChI=1S/C21H26N2O5/c1-3-26-19-8-7-16(14-20(19)27-4-2)21(25)23-11-9-22(10-12-23)15-17(24)18-6-5-13-28-18/h5-8,13-14H,3-4,9-12,15H2,1-2H3. The van der Waals surface area contributed by atoms with Crippen molar-refractivity contribution >= 4 is 11.7 Å². The van der Waals surface area contributed by atoms with Gasteiger partial charge in [-0.25, -0.2) is 0 Å². The van der Waals surface area contributed by atoms with E-state index in [0.29, 0.717) is 68.8 Å². The Balaban J connectivity index is 1.58. The highest BCUT2D eigenvalue weighted by Crippen LogP contribution is 2.29. The first kappa shape index (κ1) is 19.9. The Hall–Kier alpha value is -2.80. The highest BCUT2D eigenvalue weighted by Gasteiger charge is 2.25. The molecular weight excluding hydrogens is 360 g/mol. The molecule has 0 spiro atoms. The van der Waals surface area contributed by atoms with Crippen molar-refractivity contribution in [3.05, 3.63) is 47.9 Å². The number of carbonyl (C=O) groups excluding carboxylic acids is 2. The van der Waals surface area contributed by atoms with Crippen molar-refractivity contribution in [3.63, 3.8) is 0 Å². The molecule has 1 aromatic heterocycles. The number of Topliss-reactive ketones (excluding diaryl/α,β-unsaturated/α-hetero) is 1. The molecule has 0 radical (unpaired) electrons. The zero-order valence-electron chi connectivity index (χ0n) is 16.3. The first-order valence-electron chi connectivity index (χ1n) is 9.60. The van der Waals surface area contributed by atoms with Crippen molar-refractivity contribution in [2.45, 2.75) is 13.8 Å². The van der Waals surface area contributed by atoms with Gasteiger partial charge >= 0.3 is 0 Å². The molecule has 0 N–H and O–H groups in total. The summed E-state index contributed by atoms with van der Waals surface area (Å²) in [6.07, 6.45) is 1.50. The summed E-state index contributed by atoms with van der Waals surface area (Å²) < 4.78 is 16.3. The summed E-state index contributed by atoms with van der Waals surface area (Å²) >= 11 is 0. The van der Waals surface area contributed by atoms with Crippen LogP contribution in [0.25, 0.3) is 0 Å². The molecule has 1 aromatic carbocycles. The zero-order chi connectivity index (χ0) is 19.9. The van der Waals surface area contributed by atoms with E-state index in [0.717, 1.165) is 0 Å². The summed E-state index contributed by atoms with van der Waals surface area (Å²) in [6, 6.07) is 8.66. The topological polar surface area (TPSA) is 72.2 Å². The number of ether oxygens (including phenoxy) is 2. The van der Waals surface area contributed by atoms with Crippen molar-refractivity contribution in [1.82, 2.24) is 9.80 Å². The number of piperazine rings is 1. The van der Waals surface area contributed by atoms with E-state index in [9.17, 15) is 9.59 Å². The SMILES string of the molecule is CCOc1ccc(C(=O)N2CCN(CC(=O)c3ccco3)CC2)cc1OCC. The van der Waals surface area contributed by atoms with Crippen LogP contribution in [0.2, 0.25) is 0 Å². The van der Waals surface area contributed by atoms with Gasteiger partial charge in [-0.05, 0) is 44.2 Å².